The van der Waals surface area contributed by atoms with Crippen molar-refractivity contribution in [1.29, 1.82) is 0 Å². The summed E-state index contributed by atoms with van der Waals surface area (Å²) in [5.41, 5.74) is 3.12. The molecule has 2 heterocycles. The van der Waals surface area contributed by atoms with Crippen LogP contribution in [0.1, 0.15) is 17.0 Å². The summed E-state index contributed by atoms with van der Waals surface area (Å²) in [6, 6.07) is 5.56. The lowest BCUT2D eigenvalue weighted by molar-refractivity contribution is 0.600. The van der Waals surface area contributed by atoms with Gasteiger partial charge in [-0.05, 0) is 50.6 Å². The zero-order chi connectivity index (χ0) is 18.4. The molecule has 2 aromatic heterocycles. The fourth-order valence-corrected chi connectivity index (χ4v) is 4.83. The lowest BCUT2D eigenvalue weighted by Gasteiger charge is -2.10. The molecule has 25 heavy (non-hydrogen) atoms. The smallest absolute Gasteiger partial charge is 0.263 e. The minimum absolute atomic E-state index is 0.182. The van der Waals surface area contributed by atoms with Crippen LogP contribution in [0.5, 0.6) is 0 Å². The fraction of sp³-hybridized carbons (Fsp3) is 0.235. The van der Waals surface area contributed by atoms with E-state index in [9.17, 15) is 12.8 Å². The minimum atomic E-state index is -3.80. The Morgan fingerprint density at radius 3 is 2.52 bits per heavy atom. The maximum atomic E-state index is 13.2. The van der Waals surface area contributed by atoms with Crippen molar-refractivity contribution in [3.63, 3.8) is 0 Å². The van der Waals surface area contributed by atoms with Crippen LogP contribution in [0.15, 0.2) is 34.5 Å². The van der Waals surface area contributed by atoms with Gasteiger partial charge in [0, 0.05) is 23.8 Å². The first-order valence-electron chi connectivity index (χ1n) is 7.57. The van der Waals surface area contributed by atoms with Crippen LogP contribution in [0.2, 0.25) is 0 Å². The van der Waals surface area contributed by atoms with Gasteiger partial charge in [0.15, 0.2) is 0 Å². The Morgan fingerprint density at radius 2 is 1.92 bits per heavy atom. The molecule has 0 unspecified atom stereocenters. The van der Waals surface area contributed by atoms with Gasteiger partial charge in [0.25, 0.3) is 10.0 Å². The highest BCUT2D eigenvalue weighted by Gasteiger charge is 2.24. The first-order chi connectivity index (χ1) is 11.7. The predicted octanol–water partition coefficient (Wildman–Crippen LogP) is 4.01. The Hall–Kier alpha value is -2.19. The number of halogens is 1. The summed E-state index contributed by atoms with van der Waals surface area (Å²) < 4.78 is 43.2. The first kappa shape index (κ1) is 17.6. The average molecular weight is 379 g/mol. The molecule has 0 aliphatic heterocycles. The number of hydrogen-bond donors (Lipinski definition) is 1. The van der Waals surface area contributed by atoms with Crippen LogP contribution in [0.4, 0.5) is 10.1 Å². The van der Waals surface area contributed by atoms with E-state index >= 15 is 0 Å². The van der Waals surface area contributed by atoms with E-state index in [1.807, 2.05) is 23.9 Å². The first-order valence-corrected chi connectivity index (χ1v) is 9.93. The van der Waals surface area contributed by atoms with E-state index in [-0.39, 0.29) is 4.90 Å². The summed E-state index contributed by atoms with van der Waals surface area (Å²) in [7, 11) is -1.99. The third-order valence-corrected chi connectivity index (χ3v) is 6.51. The Bertz CT molecular complexity index is 1050. The number of aromatic nitrogens is 2. The summed E-state index contributed by atoms with van der Waals surface area (Å²) >= 11 is 1.47. The van der Waals surface area contributed by atoms with E-state index < -0.39 is 15.8 Å². The zero-order valence-corrected chi connectivity index (χ0v) is 15.9. The maximum absolute atomic E-state index is 13.2. The summed E-state index contributed by atoms with van der Waals surface area (Å²) in [4.78, 5) is 4.61. The number of rotatable bonds is 4. The van der Waals surface area contributed by atoms with Crippen LogP contribution in [-0.4, -0.2) is 18.0 Å². The number of hydrogen-bond acceptors (Lipinski definition) is 4. The van der Waals surface area contributed by atoms with E-state index in [4.69, 9.17) is 0 Å². The number of benzene rings is 1. The van der Waals surface area contributed by atoms with Gasteiger partial charge >= 0.3 is 0 Å². The highest BCUT2D eigenvalue weighted by molar-refractivity contribution is 7.92. The predicted molar refractivity (Wildman–Crippen MR) is 97.9 cm³/mol. The second-order valence-electron chi connectivity index (χ2n) is 5.90. The third-order valence-electron chi connectivity index (χ3n) is 4.05. The number of nitrogens with zero attached hydrogens (tertiary/aromatic N) is 2. The quantitative estimate of drug-likeness (QED) is 0.745. The van der Waals surface area contributed by atoms with Crippen molar-refractivity contribution in [3.05, 3.63) is 52.4 Å². The summed E-state index contributed by atoms with van der Waals surface area (Å²) in [6.45, 7) is 5.30. The molecule has 1 aromatic carbocycles. The van der Waals surface area contributed by atoms with Gasteiger partial charge in [-0.15, -0.1) is 11.3 Å². The van der Waals surface area contributed by atoms with Crippen LogP contribution in [0.3, 0.4) is 0 Å². The lowest BCUT2D eigenvalue weighted by atomic mass is 10.2. The zero-order valence-electron chi connectivity index (χ0n) is 14.3. The van der Waals surface area contributed by atoms with E-state index in [1.54, 1.807) is 19.9 Å². The number of sulfonamides is 1. The van der Waals surface area contributed by atoms with Gasteiger partial charge in [0.1, 0.15) is 15.7 Å². The van der Waals surface area contributed by atoms with Crippen LogP contribution < -0.4 is 4.72 Å². The maximum Gasteiger partial charge on any atom is 0.263 e. The fourth-order valence-electron chi connectivity index (χ4n) is 2.56. The average Bonchev–Trinajstić information content (AvgIpc) is 3.07. The molecule has 3 rings (SSSR count). The number of nitrogens with one attached hydrogen (secondary N) is 1. The van der Waals surface area contributed by atoms with E-state index in [2.05, 4.69) is 9.71 Å². The largest absolute Gasteiger partial charge is 0.345 e. The monoisotopic (exact) mass is 379 g/mol. The molecule has 0 spiro atoms. The molecule has 1 N–H and O–H groups in total. The topological polar surface area (TPSA) is 64.0 Å². The molecule has 0 saturated carbocycles. The van der Waals surface area contributed by atoms with E-state index in [0.29, 0.717) is 16.9 Å². The van der Waals surface area contributed by atoms with Crippen molar-refractivity contribution < 1.29 is 12.8 Å². The molecule has 132 valence electrons. The Labute approximate surface area is 150 Å². The molecule has 5 nitrogen and oxygen atoms in total. The minimum Gasteiger partial charge on any atom is -0.345 e. The Balaban J connectivity index is 2.03. The molecule has 0 aliphatic rings. The summed E-state index contributed by atoms with van der Waals surface area (Å²) in [5, 5.41) is 2.69. The van der Waals surface area contributed by atoms with Gasteiger partial charge in [0.2, 0.25) is 0 Å². The van der Waals surface area contributed by atoms with Crippen LogP contribution in [-0.2, 0) is 17.1 Å². The standard InChI is InChI=1S/C17H18FN3O2S2/c1-10-7-13(18)5-6-14(10)20-25(22,23)16-8-15(21(4)12(16)3)17-19-11(2)9-24-17/h5-9,20H,1-4H3. The second-order valence-corrected chi connectivity index (χ2v) is 8.41. The molecular weight excluding hydrogens is 361 g/mol. The summed E-state index contributed by atoms with van der Waals surface area (Å²) in [6.07, 6.45) is 0. The molecular formula is C17H18FN3O2S2. The molecule has 0 fully saturated rings. The molecule has 0 atom stereocenters. The highest BCUT2D eigenvalue weighted by atomic mass is 32.2. The van der Waals surface area contributed by atoms with Crippen molar-refractivity contribution in [2.75, 3.05) is 4.72 Å². The number of aryl methyl sites for hydroxylation is 2. The summed E-state index contributed by atoms with van der Waals surface area (Å²) in [5.74, 6) is -0.405. The SMILES string of the molecule is Cc1csc(-c2cc(S(=O)(=O)Nc3ccc(F)cc3C)c(C)n2C)n1. The van der Waals surface area contributed by atoms with Crippen molar-refractivity contribution in [2.24, 2.45) is 7.05 Å². The van der Waals surface area contributed by atoms with Gasteiger partial charge in [-0.2, -0.15) is 0 Å². The van der Waals surface area contributed by atoms with Crippen molar-refractivity contribution >= 4 is 27.0 Å². The van der Waals surface area contributed by atoms with Gasteiger partial charge in [-0.3, -0.25) is 4.72 Å². The molecule has 8 heteroatoms. The molecule has 0 bridgehead atoms. The Morgan fingerprint density at radius 1 is 1.20 bits per heavy atom. The number of thiazole rings is 1. The van der Waals surface area contributed by atoms with Crippen molar-refractivity contribution in [1.82, 2.24) is 9.55 Å². The van der Waals surface area contributed by atoms with Crippen LogP contribution >= 0.6 is 11.3 Å². The molecule has 0 saturated heterocycles. The normalized spacial score (nSPS) is 11.7. The van der Waals surface area contributed by atoms with Crippen LogP contribution in [0.25, 0.3) is 10.7 Å². The van der Waals surface area contributed by atoms with Gasteiger partial charge in [-0.25, -0.2) is 17.8 Å². The van der Waals surface area contributed by atoms with Crippen molar-refractivity contribution in [2.45, 2.75) is 25.7 Å². The Kier molecular flexibility index (Phi) is 4.42. The molecule has 0 amide bonds. The lowest BCUT2D eigenvalue weighted by Crippen LogP contribution is -2.14. The number of anilines is 1. The molecule has 0 aliphatic carbocycles. The highest BCUT2D eigenvalue weighted by Crippen LogP contribution is 2.31. The van der Waals surface area contributed by atoms with E-state index in [0.717, 1.165) is 16.4 Å². The third kappa shape index (κ3) is 3.32. The van der Waals surface area contributed by atoms with Gasteiger partial charge < -0.3 is 4.57 Å². The van der Waals surface area contributed by atoms with Gasteiger partial charge in [-0.1, -0.05) is 0 Å². The van der Waals surface area contributed by atoms with Crippen LogP contribution in [0, 0.1) is 26.6 Å². The molecule has 3 aromatic rings. The van der Waals surface area contributed by atoms with Crippen molar-refractivity contribution in [3.8, 4) is 10.7 Å². The second kappa shape index (κ2) is 6.27. The van der Waals surface area contributed by atoms with Gasteiger partial charge in [0.05, 0.1) is 11.4 Å². The van der Waals surface area contributed by atoms with E-state index in [1.165, 1.54) is 29.5 Å². The molecule has 0 radical (unpaired) electrons.